The molecule has 7 heteroatoms. The number of alkyl halides is 3. The number of hydrogen-bond donors (Lipinski definition) is 2. The van der Waals surface area contributed by atoms with Crippen LogP contribution in [-0.2, 0) is 15.8 Å². The van der Waals surface area contributed by atoms with Crippen molar-refractivity contribution in [3.05, 3.63) is 53.1 Å². The van der Waals surface area contributed by atoms with Gasteiger partial charge in [-0.1, -0.05) is 29.4 Å². The Morgan fingerprint density at radius 3 is 2.23 bits per heavy atom. The molecule has 0 aromatic heterocycles. The summed E-state index contributed by atoms with van der Waals surface area (Å²) in [5.41, 5.74) is 1.01. The summed E-state index contributed by atoms with van der Waals surface area (Å²) >= 11 is 0. The third kappa shape index (κ3) is 3.02. The molecule has 2 aliphatic rings. The normalized spacial score (nSPS) is 26.9. The highest BCUT2D eigenvalue weighted by Crippen LogP contribution is 2.53. The molecule has 2 bridgehead atoms. The first kappa shape index (κ1) is 18.2. The first-order valence-corrected chi connectivity index (χ1v) is 8.17. The van der Waals surface area contributed by atoms with E-state index in [1.807, 2.05) is 19.9 Å². The summed E-state index contributed by atoms with van der Waals surface area (Å²) < 4.78 is 38.5. The van der Waals surface area contributed by atoms with Gasteiger partial charge in [-0.15, -0.1) is 0 Å². The van der Waals surface area contributed by atoms with Crippen LogP contribution in [0.1, 0.15) is 19.4 Å². The second-order valence-corrected chi connectivity index (χ2v) is 6.85. The van der Waals surface area contributed by atoms with Gasteiger partial charge in [-0.3, -0.25) is 9.59 Å². The van der Waals surface area contributed by atoms with Crippen LogP contribution in [0.4, 0.5) is 18.9 Å². The highest BCUT2D eigenvalue weighted by atomic mass is 19.4. The largest absolute Gasteiger partial charge is 0.481 e. The molecule has 26 heavy (non-hydrogen) atoms. The zero-order valence-electron chi connectivity index (χ0n) is 14.2. The van der Waals surface area contributed by atoms with Gasteiger partial charge in [0.05, 0.1) is 17.4 Å². The van der Waals surface area contributed by atoms with Gasteiger partial charge in [0.15, 0.2) is 0 Å². The molecule has 2 aliphatic carbocycles. The number of anilines is 1. The number of amides is 1. The molecule has 1 amide bonds. The van der Waals surface area contributed by atoms with Crippen LogP contribution in [0.25, 0.3) is 0 Å². The number of fused-ring (bicyclic) bond motifs is 2. The quantitative estimate of drug-likeness (QED) is 0.792. The van der Waals surface area contributed by atoms with Gasteiger partial charge in [-0.05, 0) is 32.0 Å². The molecule has 4 nitrogen and oxygen atoms in total. The number of carboxylic acids is 1. The SMILES string of the molecule is CC(C)=C1[C@H]2C=C[C@@H]1[C@@H](C(=O)Nc1cccc(C(F)(F)F)c1)[C@H]2C(=O)O. The number of aliphatic carboxylic acids is 1. The Balaban J connectivity index is 1.89. The van der Waals surface area contributed by atoms with E-state index in [0.29, 0.717) is 0 Å². The molecule has 4 atom stereocenters. The Hall–Kier alpha value is -2.57. The van der Waals surface area contributed by atoms with E-state index in [2.05, 4.69) is 5.32 Å². The second-order valence-electron chi connectivity index (χ2n) is 6.85. The van der Waals surface area contributed by atoms with Crippen LogP contribution in [0.15, 0.2) is 47.6 Å². The van der Waals surface area contributed by atoms with E-state index in [4.69, 9.17) is 0 Å². The fraction of sp³-hybridized carbons (Fsp3) is 0.368. The minimum Gasteiger partial charge on any atom is -0.481 e. The average Bonchev–Trinajstić information content (AvgIpc) is 3.10. The Morgan fingerprint density at radius 1 is 1.08 bits per heavy atom. The van der Waals surface area contributed by atoms with Crippen LogP contribution < -0.4 is 5.32 Å². The van der Waals surface area contributed by atoms with Crippen LogP contribution in [0.3, 0.4) is 0 Å². The maximum absolute atomic E-state index is 12.8. The molecule has 138 valence electrons. The van der Waals surface area contributed by atoms with Gasteiger partial charge in [-0.25, -0.2) is 0 Å². The predicted octanol–water partition coefficient (Wildman–Crippen LogP) is 4.11. The molecule has 0 radical (unpaired) electrons. The Labute approximate surface area is 148 Å². The number of carbonyl (C=O) groups excluding carboxylic acids is 1. The molecular formula is C19H18F3NO3. The van der Waals surface area contributed by atoms with E-state index in [1.54, 1.807) is 6.08 Å². The molecule has 1 saturated carbocycles. The predicted molar refractivity (Wildman–Crippen MR) is 89.2 cm³/mol. The summed E-state index contributed by atoms with van der Waals surface area (Å²) in [4.78, 5) is 24.5. The lowest BCUT2D eigenvalue weighted by Gasteiger charge is -2.23. The molecular weight excluding hydrogens is 347 g/mol. The van der Waals surface area contributed by atoms with Crippen LogP contribution in [0, 0.1) is 23.7 Å². The fourth-order valence-electron chi connectivity index (χ4n) is 4.04. The van der Waals surface area contributed by atoms with Gasteiger partial charge in [-0.2, -0.15) is 13.2 Å². The number of carbonyl (C=O) groups is 2. The third-order valence-corrected chi connectivity index (χ3v) is 5.03. The molecule has 1 aromatic rings. The molecule has 3 rings (SSSR count). The summed E-state index contributed by atoms with van der Waals surface area (Å²) in [6.07, 6.45) is -0.891. The zero-order valence-corrected chi connectivity index (χ0v) is 14.2. The topological polar surface area (TPSA) is 66.4 Å². The third-order valence-electron chi connectivity index (χ3n) is 5.03. The number of nitrogens with one attached hydrogen (secondary N) is 1. The van der Waals surface area contributed by atoms with Gasteiger partial charge in [0.2, 0.25) is 5.91 Å². The Morgan fingerprint density at radius 2 is 1.69 bits per heavy atom. The molecule has 1 aromatic carbocycles. The maximum atomic E-state index is 12.8. The van der Waals surface area contributed by atoms with Crippen LogP contribution in [0.5, 0.6) is 0 Å². The van der Waals surface area contributed by atoms with Crippen molar-refractivity contribution in [1.29, 1.82) is 0 Å². The summed E-state index contributed by atoms with van der Waals surface area (Å²) in [7, 11) is 0. The summed E-state index contributed by atoms with van der Waals surface area (Å²) in [6, 6.07) is 4.32. The van der Waals surface area contributed by atoms with E-state index < -0.39 is 35.5 Å². The van der Waals surface area contributed by atoms with Crippen molar-refractivity contribution in [1.82, 2.24) is 0 Å². The zero-order chi connectivity index (χ0) is 19.2. The van der Waals surface area contributed by atoms with Crippen LogP contribution in [0.2, 0.25) is 0 Å². The lowest BCUT2D eigenvalue weighted by molar-refractivity contribution is -0.146. The first-order valence-electron chi connectivity index (χ1n) is 8.17. The molecule has 0 saturated heterocycles. The van der Waals surface area contributed by atoms with Crippen molar-refractivity contribution in [3.8, 4) is 0 Å². The average molecular weight is 365 g/mol. The Kier molecular flexibility index (Phi) is 4.42. The van der Waals surface area contributed by atoms with Crippen molar-refractivity contribution < 1.29 is 27.9 Å². The van der Waals surface area contributed by atoms with Crippen molar-refractivity contribution in [2.24, 2.45) is 23.7 Å². The number of hydrogen-bond acceptors (Lipinski definition) is 2. The van der Waals surface area contributed by atoms with E-state index in [0.717, 1.165) is 23.3 Å². The van der Waals surface area contributed by atoms with Gasteiger partial charge < -0.3 is 10.4 Å². The summed E-state index contributed by atoms with van der Waals surface area (Å²) in [6.45, 7) is 3.74. The van der Waals surface area contributed by atoms with Crippen LogP contribution >= 0.6 is 0 Å². The lowest BCUT2D eigenvalue weighted by atomic mass is 9.82. The van der Waals surface area contributed by atoms with E-state index in [-0.39, 0.29) is 17.5 Å². The number of allylic oxidation sites excluding steroid dienone is 4. The monoisotopic (exact) mass is 365 g/mol. The molecule has 1 fully saturated rings. The highest BCUT2D eigenvalue weighted by molar-refractivity contribution is 5.97. The second kappa shape index (κ2) is 6.30. The molecule has 0 aliphatic heterocycles. The minimum absolute atomic E-state index is 0.000494. The van der Waals surface area contributed by atoms with Crippen molar-refractivity contribution in [3.63, 3.8) is 0 Å². The van der Waals surface area contributed by atoms with E-state index >= 15 is 0 Å². The van der Waals surface area contributed by atoms with Gasteiger partial charge >= 0.3 is 12.1 Å². The molecule has 0 unspecified atom stereocenters. The number of carboxylic acid groups (broad SMARTS) is 1. The maximum Gasteiger partial charge on any atom is 0.416 e. The van der Waals surface area contributed by atoms with Crippen molar-refractivity contribution in [2.45, 2.75) is 20.0 Å². The van der Waals surface area contributed by atoms with Crippen molar-refractivity contribution in [2.75, 3.05) is 5.32 Å². The number of halogens is 3. The van der Waals surface area contributed by atoms with E-state index in [9.17, 15) is 27.9 Å². The highest BCUT2D eigenvalue weighted by Gasteiger charge is 2.54. The summed E-state index contributed by atoms with van der Waals surface area (Å²) in [5, 5.41) is 12.1. The summed E-state index contributed by atoms with van der Waals surface area (Å²) in [5.74, 6) is -4.10. The van der Waals surface area contributed by atoms with Crippen LogP contribution in [-0.4, -0.2) is 17.0 Å². The standard InChI is InChI=1S/C19H18F3NO3/c1-9(2)14-12-6-7-13(14)16(18(25)26)15(12)17(24)23-11-5-3-4-10(8-11)19(20,21)22/h3-8,12-13,15-16H,1-2H3,(H,23,24)(H,25,26)/t12-,13+,15+,16-/m0/s1. The lowest BCUT2D eigenvalue weighted by Crippen LogP contribution is -2.36. The smallest absolute Gasteiger partial charge is 0.416 e. The first-order chi connectivity index (χ1) is 12.1. The van der Waals surface area contributed by atoms with Gasteiger partial charge in [0.25, 0.3) is 0 Å². The van der Waals surface area contributed by atoms with E-state index in [1.165, 1.54) is 12.1 Å². The number of benzene rings is 1. The fourth-order valence-corrected chi connectivity index (χ4v) is 4.04. The van der Waals surface area contributed by atoms with Gasteiger partial charge in [0, 0.05) is 17.5 Å². The number of rotatable bonds is 3. The van der Waals surface area contributed by atoms with Crippen molar-refractivity contribution >= 4 is 17.6 Å². The molecule has 2 N–H and O–H groups in total. The Bertz CT molecular complexity index is 822. The molecule has 0 spiro atoms. The van der Waals surface area contributed by atoms with Gasteiger partial charge in [0.1, 0.15) is 0 Å². The minimum atomic E-state index is -4.52. The molecule has 0 heterocycles.